The first kappa shape index (κ1) is 23.3. The second kappa shape index (κ2) is 11.3. The van der Waals surface area contributed by atoms with Crippen molar-refractivity contribution in [2.45, 2.75) is 89.8 Å². The van der Waals surface area contributed by atoms with Crippen LogP contribution in [0.1, 0.15) is 77.7 Å². The molecule has 1 aromatic heterocycles. The molecule has 1 heterocycles. The molecule has 170 valence electrons. The molecule has 1 fully saturated rings. The minimum Gasteiger partial charge on any atom is -0.480 e. The first-order valence-corrected chi connectivity index (χ1v) is 11.7. The molecule has 0 bridgehead atoms. The number of fused-ring (bicyclic) bond motifs is 1. The van der Waals surface area contributed by atoms with Crippen LogP contribution in [-0.4, -0.2) is 39.3 Å². The van der Waals surface area contributed by atoms with Crippen LogP contribution < -0.4 is 16.2 Å². The van der Waals surface area contributed by atoms with Gasteiger partial charge in [-0.15, -0.1) is 0 Å². The van der Waals surface area contributed by atoms with Crippen LogP contribution in [-0.2, 0) is 4.79 Å². The van der Waals surface area contributed by atoms with Crippen LogP contribution in [0.3, 0.4) is 0 Å². The molecule has 1 aromatic carbocycles. The number of carbonyl (C=O) groups is 1. The fourth-order valence-corrected chi connectivity index (χ4v) is 4.51. The average molecular weight is 429 g/mol. The summed E-state index contributed by atoms with van der Waals surface area (Å²) in [5.74, 6) is -0.920. The van der Waals surface area contributed by atoms with Gasteiger partial charge in [-0.1, -0.05) is 51.2 Å². The maximum atomic E-state index is 13.3. The number of hydrogen-bond acceptors (Lipinski definition) is 5. The van der Waals surface area contributed by atoms with Crippen molar-refractivity contribution in [1.82, 2.24) is 14.9 Å². The Morgan fingerprint density at radius 1 is 1.19 bits per heavy atom. The van der Waals surface area contributed by atoms with Gasteiger partial charge in [0.25, 0.3) is 5.56 Å². The van der Waals surface area contributed by atoms with E-state index in [1.807, 2.05) is 24.3 Å². The maximum absolute atomic E-state index is 13.3. The number of hydrogen-bond donors (Lipinski definition) is 3. The van der Waals surface area contributed by atoms with Gasteiger partial charge < -0.3 is 20.3 Å². The van der Waals surface area contributed by atoms with E-state index in [1.165, 1.54) is 51.9 Å². The van der Waals surface area contributed by atoms with Gasteiger partial charge in [-0.2, -0.15) is 0 Å². The number of carboxylic acids is 1. The van der Waals surface area contributed by atoms with E-state index in [4.69, 9.17) is 0 Å². The topological polar surface area (TPSA) is 96.2 Å². The number of nitrogens with zero attached hydrogens (tertiary/aromatic N) is 2. The normalized spacial score (nSPS) is 17.6. The van der Waals surface area contributed by atoms with Crippen LogP contribution in [0.5, 0.6) is 0 Å². The molecule has 2 atom stereocenters. The second-order valence-corrected chi connectivity index (χ2v) is 8.68. The number of rotatable bonds is 9. The molecular weight excluding hydrogens is 392 g/mol. The lowest BCUT2D eigenvalue weighted by Crippen LogP contribution is -2.35. The Morgan fingerprint density at radius 2 is 1.87 bits per heavy atom. The summed E-state index contributed by atoms with van der Waals surface area (Å²) in [6.07, 6.45) is 10.7. The zero-order valence-corrected chi connectivity index (χ0v) is 18.8. The molecule has 3 rings (SSSR count). The summed E-state index contributed by atoms with van der Waals surface area (Å²) in [5.41, 5.74) is 1.22. The SMILES string of the molecule is CCC(CCNC1CCCCCCC1)n1c(=O)c(NC(C)C(=O)O)nc2ccccc21. The lowest BCUT2D eigenvalue weighted by molar-refractivity contribution is -0.137. The highest BCUT2D eigenvalue weighted by molar-refractivity contribution is 5.79. The van der Waals surface area contributed by atoms with E-state index >= 15 is 0 Å². The smallest absolute Gasteiger partial charge is 0.325 e. The fourth-order valence-electron chi connectivity index (χ4n) is 4.51. The Labute approximate surface area is 184 Å². The molecule has 0 radical (unpaired) electrons. The molecule has 0 aliphatic heterocycles. The standard InChI is InChI=1S/C24H36N4O3/c1-3-19(15-16-25-18-11-7-5-4-6-8-12-18)28-21-14-10-9-13-20(21)27-22(23(28)29)26-17(2)24(30)31/h9-10,13-14,17-19,25H,3-8,11-12,15-16H2,1-2H3,(H,26,27)(H,30,31). The quantitative estimate of drug-likeness (QED) is 0.550. The average Bonchev–Trinajstić information content (AvgIpc) is 2.73. The number of para-hydroxylation sites is 2. The summed E-state index contributed by atoms with van der Waals surface area (Å²) in [7, 11) is 0. The first-order valence-electron chi connectivity index (χ1n) is 11.7. The monoisotopic (exact) mass is 428 g/mol. The number of benzene rings is 1. The van der Waals surface area contributed by atoms with Gasteiger partial charge in [-0.3, -0.25) is 9.59 Å². The minimum absolute atomic E-state index is 0.0159. The van der Waals surface area contributed by atoms with Gasteiger partial charge in [0.2, 0.25) is 0 Å². The summed E-state index contributed by atoms with van der Waals surface area (Å²) in [6, 6.07) is 7.26. The van der Waals surface area contributed by atoms with E-state index < -0.39 is 12.0 Å². The van der Waals surface area contributed by atoms with E-state index in [-0.39, 0.29) is 17.4 Å². The number of carboxylic acid groups (broad SMARTS) is 1. The van der Waals surface area contributed by atoms with Crippen molar-refractivity contribution in [2.75, 3.05) is 11.9 Å². The van der Waals surface area contributed by atoms with Crippen molar-refractivity contribution in [1.29, 1.82) is 0 Å². The van der Waals surface area contributed by atoms with Crippen molar-refractivity contribution in [3.8, 4) is 0 Å². The Balaban J connectivity index is 1.81. The van der Waals surface area contributed by atoms with E-state index in [1.54, 1.807) is 4.57 Å². The predicted octanol–water partition coefficient (Wildman–Crippen LogP) is 4.33. The Bertz CT molecular complexity index is 919. The molecule has 31 heavy (non-hydrogen) atoms. The Morgan fingerprint density at radius 3 is 2.55 bits per heavy atom. The number of anilines is 1. The fraction of sp³-hybridized carbons (Fsp3) is 0.625. The summed E-state index contributed by atoms with van der Waals surface area (Å²) in [5, 5.41) is 15.8. The van der Waals surface area contributed by atoms with Gasteiger partial charge in [-0.25, -0.2) is 4.98 Å². The number of aliphatic carboxylic acids is 1. The Kier molecular flexibility index (Phi) is 8.46. The number of aromatic nitrogens is 2. The summed E-state index contributed by atoms with van der Waals surface area (Å²) in [6.45, 7) is 4.47. The molecule has 0 spiro atoms. The molecular formula is C24H36N4O3. The lowest BCUT2D eigenvalue weighted by Gasteiger charge is -2.25. The highest BCUT2D eigenvalue weighted by atomic mass is 16.4. The molecule has 1 aliphatic carbocycles. The van der Waals surface area contributed by atoms with Crippen molar-refractivity contribution in [2.24, 2.45) is 0 Å². The van der Waals surface area contributed by atoms with Crippen LogP contribution in [0.4, 0.5) is 5.82 Å². The van der Waals surface area contributed by atoms with Gasteiger partial charge in [0.05, 0.1) is 11.0 Å². The zero-order chi connectivity index (χ0) is 22.2. The third-order valence-electron chi connectivity index (χ3n) is 6.37. The van der Waals surface area contributed by atoms with Gasteiger partial charge in [-0.05, 0) is 51.3 Å². The molecule has 3 N–H and O–H groups in total. The van der Waals surface area contributed by atoms with Crippen molar-refractivity contribution in [3.63, 3.8) is 0 Å². The molecule has 1 saturated carbocycles. The molecule has 2 unspecified atom stereocenters. The van der Waals surface area contributed by atoms with E-state index in [2.05, 4.69) is 22.5 Å². The van der Waals surface area contributed by atoms with Gasteiger partial charge in [0.15, 0.2) is 5.82 Å². The Hall–Kier alpha value is -2.41. The largest absolute Gasteiger partial charge is 0.480 e. The summed E-state index contributed by atoms with van der Waals surface area (Å²) in [4.78, 5) is 29.0. The third-order valence-corrected chi connectivity index (χ3v) is 6.37. The second-order valence-electron chi connectivity index (χ2n) is 8.68. The van der Waals surface area contributed by atoms with Crippen molar-refractivity contribution in [3.05, 3.63) is 34.6 Å². The van der Waals surface area contributed by atoms with Crippen LogP contribution in [0.15, 0.2) is 29.1 Å². The van der Waals surface area contributed by atoms with Crippen molar-refractivity contribution < 1.29 is 9.90 Å². The van der Waals surface area contributed by atoms with E-state index in [0.29, 0.717) is 11.6 Å². The third kappa shape index (κ3) is 6.06. The van der Waals surface area contributed by atoms with Gasteiger partial charge >= 0.3 is 5.97 Å². The lowest BCUT2D eigenvalue weighted by atomic mass is 9.96. The molecule has 0 saturated heterocycles. The van der Waals surface area contributed by atoms with Gasteiger partial charge in [0, 0.05) is 12.1 Å². The number of nitrogens with one attached hydrogen (secondary N) is 2. The van der Waals surface area contributed by atoms with Crippen LogP contribution in [0.2, 0.25) is 0 Å². The maximum Gasteiger partial charge on any atom is 0.325 e. The highest BCUT2D eigenvalue weighted by Crippen LogP contribution is 2.22. The molecule has 7 heteroatoms. The summed E-state index contributed by atoms with van der Waals surface area (Å²) >= 11 is 0. The van der Waals surface area contributed by atoms with E-state index in [0.717, 1.165) is 24.9 Å². The zero-order valence-electron chi connectivity index (χ0n) is 18.8. The van der Waals surface area contributed by atoms with Crippen LogP contribution >= 0.6 is 0 Å². The highest BCUT2D eigenvalue weighted by Gasteiger charge is 2.21. The molecule has 7 nitrogen and oxygen atoms in total. The summed E-state index contributed by atoms with van der Waals surface area (Å²) < 4.78 is 1.80. The first-order chi connectivity index (χ1) is 15.0. The minimum atomic E-state index is -1.02. The molecule has 2 aromatic rings. The molecule has 0 amide bonds. The van der Waals surface area contributed by atoms with Crippen LogP contribution in [0, 0.1) is 0 Å². The van der Waals surface area contributed by atoms with Crippen molar-refractivity contribution >= 4 is 22.8 Å². The van der Waals surface area contributed by atoms with Gasteiger partial charge in [0.1, 0.15) is 6.04 Å². The van der Waals surface area contributed by atoms with Crippen LogP contribution in [0.25, 0.3) is 11.0 Å². The van der Waals surface area contributed by atoms with E-state index in [9.17, 15) is 14.7 Å². The predicted molar refractivity (Wildman–Crippen MR) is 125 cm³/mol. The molecule has 1 aliphatic rings.